The number of aromatic nitrogens is 2. The number of rotatable bonds is 4. The molecule has 0 saturated heterocycles. The summed E-state index contributed by atoms with van der Waals surface area (Å²) in [5.41, 5.74) is -0.391. The van der Waals surface area contributed by atoms with E-state index in [1.54, 1.807) is 13.2 Å². The Morgan fingerprint density at radius 2 is 1.90 bits per heavy atom. The summed E-state index contributed by atoms with van der Waals surface area (Å²) < 4.78 is 6.71. The first-order valence-corrected chi connectivity index (χ1v) is 10.5. The normalized spacial score (nSPS) is 19.4. The maximum atomic E-state index is 12.7. The van der Waals surface area contributed by atoms with Crippen molar-refractivity contribution in [1.29, 1.82) is 0 Å². The number of aromatic amines is 1. The number of carbonyl (C=O) groups excluding carboxylic acids is 1. The van der Waals surface area contributed by atoms with E-state index in [1.165, 1.54) is 16.5 Å². The third kappa shape index (κ3) is 3.75. The van der Waals surface area contributed by atoms with Crippen LogP contribution in [-0.4, -0.2) is 38.4 Å². The van der Waals surface area contributed by atoms with E-state index in [1.807, 2.05) is 18.2 Å². The zero-order valence-corrected chi connectivity index (χ0v) is 17.6. The number of hydrogen-bond acceptors (Lipinski definition) is 6. The molecule has 0 bridgehead atoms. The second-order valence-electron chi connectivity index (χ2n) is 7.99. The van der Waals surface area contributed by atoms with Gasteiger partial charge >= 0.3 is 5.69 Å². The van der Waals surface area contributed by atoms with E-state index in [0.29, 0.717) is 5.75 Å². The Balaban J connectivity index is 1.79. The van der Waals surface area contributed by atoms with Crippen molar-refractivity contribution in [2.75, 3.05) is 7.11 Å². The molecular weight excluding hydrogens is 400 g/mol. The highest BCUT2D eigenvalue weighted by molar-refractivity contribution is 6.04. The Labute approximate surface area is 179 Å². The molecule has 0 unspecified atom stereocenters. The average molecular weight is 426 g/mol. The van der Waals surface area contributed by atoms with E-state index >= 15 is 0 Å². The van der Waals surface area contributed by atoms with Gasteiger partial charge in [0.1, 0.15) is 11.3 Å². The molecule has 4 rings (SSSR count). The fourth-order valence-electron chi connectivity index (χ4n) is 4.61. The Morgan fingerprint density at radius 3 is 2.58 bits per heavy atom. The van der Waals surface area contributed by atoms with Gasteiger partial charge in [-0.05, 0) is 18.9 Å². The summed E-state index contributed by atoms with van der Waals surface area (Å²) >= 11 is 0. The van der Waals surface area contributed by atoms with Crippen molar-refractivity contribution >= 4 is 11.6 Å². The molecule has 0 radical (unpaired) electrons. The summed E-state index contributed by atoms with van der Waals surface area (Å²) in [6.07, 6.45) is 4.73. The largest absolute Gasteiger partial charge is 0.496 e. The molecule has 1 amide bonds. The van der Waals surface area contributed by atoms with E-state index in [-0.39, 0.29) is 35.5 Å². The summed E-state index contributed by atoms with van der Waals surface area (Å²) in [5, 5.41) is 16.7. The van der Waals surface area contributed by atoms with E-state index in [4.69, 9.17) is 4.74 Å². The number of nitrogens with zero attached hydrogens (tertiary/aromatic N) is 3. The maximum Gasteiger partial charge on any atom is 0.331 e. The SMILES string of the molecule is COc1ccccc1[C@H]1CC(c2c(O)n(C3CCCCC3)c(=O)[nH]c2=O)=NN1C(C)=O. The number of amides is 1. The Hall–Kier alpha value is -3.36. The molecule has 1 aliphatic carbocycles. The molecule has 2 heterocycles. The number of nitrogens with one attached hydrogen (secondary N) is 1. The predicted octanol–water partition coefficient (Wildman–Crippen LogP) is 2.45. The summed E-state index contributed by atoms with van der Waals surface area (Å²) in [5.74, 6) is -0.0912. The smallest absolute Gasteiger partial charge is 0.331 e. The van der Waals surface area contributed by atoms with Crippen molar-refractivity contribution < 1.29 is 14.6 Å². The van der Waals surface area contributed by atoms with Crippen molar-refractivity contribution in [2.45, 2.75) is 57.5 Å². The minimum atomic E-state index is -0.711. The second-order valence-corrected chi connectivity index (χ2v) is 7.99. The van der Waals surface area contributed by atoms with Gasteiger partial charge in [0.15, 0.2) is 0 Å². The number of para-hydroxylation sites is 1. The number of carbonyl (C=O) groups is 1. The predicted molar refractivity (Wildman–Crippen MR) is 115 cm³/mol. The standard InChI is InChI=1S/C22H26N4O5/c1-13(27)26-17(15-10-6-7-11-18(15)31-2)12-16(24-26)19-20(28)23-22(30)25(21(19)29)14-8-4-3-5-9-14/h6-7,10-11,14,17,29H,3-5,8-9,12H2,1-2H3,(H,23,28,30)/t17-/m1/s1. The van der Waals surface area contributed by atoms with Gasteiger partial charge in [0.05, 0.1) is 18.9 Å². The summed E-state index contributed by atoms with van der Waals surface area (Å²) in [6, 6.07) is 6.63. The molecule has 1 fully saturated rings. The first-order valence-electron chi connectivity index (χ1n) is 10.5. The minimum absolute atomic E-state index is 0.0613. The van der Waals surface area contributed by atoms with Crippen LogP contribution >= 0.6 is 0 Å². The molecule has 164 valence electrons. The lowest BCUT2D eigenvalue weighted by Gasteiger charge is -2.25. The van der Waals surface area contributed by atoms with Crippen LogP contribution < -0.4 is 16.0 Å². The van der Waals surface area contributed by atoms with Crippen molar-refractivity contribution in [3.05, 3.63) is 56.2 Å². The number of hydrazone groups is 1. The first-order chi connectivity index (χ1) is 14.9. The number of H-pyrrole nitrogens is 1. The Bertz CT molecular complexity index is 1140. The van der Waals surface area contributed by atoms with Crippen molar-refractivity contribution in [3.8, 4) is 11.6 Å². The number of benzene rings is 1. The molecule has 2 aliphatic rings. The van der Waals surface area contributed by atoms with Gasteiger partial charge in [-0.1, -0.05) is 37.5 Å². The molecule has 1 aromatic heterocycles. The molecule has 2 aromatic rings. The number of hydrogen-bond donors (Lipinski definition) is 2. The molecule has 9 nitrogen and oxygen atoms in total. The Morgan fingerprint density at radius 1 is 1.19 bits per heavy atom. The van der Waals surface area contributed by atoms with E-state index in [9.17, 15) is 19.5 Å². The van der Waals surface area contributed by atoms with Crippen LogP contribution in [-0.2, 0) is 4.79 Å². The van der Waals surface area contributed by atoms with Crippen molar-refractivity contribution in [1.82, 2.24) is 14.6 Å². The van der Waals surface area contributed by atoms with Gasteiger partial charge in [0.25, 0.3) is 5.56 Å². The van der Waals surface area contributed by atoms with Gasteiger partial charge in [0, 0.05) is 24.9 Å². The molecule has 1 atom stereocenters. The minimum Gasteiger partial charge on any atom is -0.496 e. The van der Waals surface area contributed by atoms with Crippen LogP contribution in [0.4, 0.5) is 0 Å². The quantitative estimate of drug-likeness (QED) is 0.779. The van der Waals surface area contributed by atoms with Crippen LogP contribution in [0.2, 0.25) is 0 Å². The van der Waals surface area contributed by atoms with Crippen LogP contribution in [0.15, 0.2) is 39.0 Å². The molecule has 1 saturated carbocycles. The lowest BCUT2D eigenvalue weighted by Crippen LogP contribution is -2.36. The van der Waals surface area contributed by atoms with E-state index in [0.717, 1.165) is 37.7 Å². The number of aromatic hydroxyl groups is 1. The molecule has 31 heavy (non-hydrogen) atoms. The monoisotopic (exact) mass is 426 g/mol. The fraction of sp³-hybridized carbons (Fsp3) is 0.455. The zero-order valence-electron chi connectivity index (χ0n) is 17.6. The summed E-state index contributed by atoms with van der Waals surface area (Å²) in [4.78, 5) is 39.8. The summed E-state index contributed by atoms with van der Waals surface area (Å²) in [7, 11) is 1.55. The highest BCUT2D eigenvalue weighted by atomic mass is 16.5. The van der Waals surface area contributed by atoms with Gasteiger partial charge < -0.3 is 9.84 Å². The van der Waals surface area contributed by atoms with Gasteiger partial charge in [-0.2, -0.15) is 5.10 Å². The third-order valence-corrected chi connectivity index (χ3v) is 6.08. The first kappa shape index (κ1) is 20.9. The Kier molecular flexibility index (Phi) is 5.67. The van der Waals surface area contributed by atoms with Gasteiger partial charge in [-0.15, -0.1) is 0 Å². The van der Waals surface area contributed by atoms with Crippen molar-refractivity contribution in [3.63, 3.8) is 0 Å². The highest BCUT2D eigenvalue weighted by Crippen LogP contribution is 2.38. The average Bonchev–Trinajstić information content (AvgIpc) is 3.19. The molecule has 2 N–H and O–H groups in total. The van der Waals surface area contributed by atoms with Gasteiger partial charge in [-0.25, -0.2) is 9.80 Å². The second kappa shape index (κ2) is 8.41. The number of ether oxygens (including phenoxy) is 1. The lowest BCUT2D eigenvalue weighted by molar-refractivity contribution is -0.130. The van der Waals surface area contributed by atoms with Crippen LogP contribution in [0.3, 0.4) is 0 Å². The highest BCUT2D eigenvalue weighted by Gasteiger charge is 2.36. The van der Waals surface area contributed by atoms with E-state index < -0.39 is 17.3 Å². The van der Waals surface area contributed by atoms with Crippen LogP contribution in [0.1, 0.15) is 68.7 Å². The van der Waals surface area contributed by atoms with Crippen LogP contribution in [0.25, 0.3) is 0 Å². The molecule has 1 aromatic carbocycles. The van der Waals surface area contributed by atoms with E-state index in [2.05, 4.69) is 10.1 Å². The fourth-order valence-corrected chi connectivity index (χ4v) is 4.61. The molecule has 1 aliphatic heterocycles. The third-order valence-electron chi connectivity index (χ3n) is 6.08. The topological polar surface area (TPSA) is 117 Å². The molecular formula is C22H26N4O5. The lowest BCUT2D eigenvalue weighted by atomic mass is 9.94. The van der Waals surface area contributed by atoms with Crippen molar-refractivity contribution in [2.24, 2.45) is 5.10 Å². The summed E-state index contributed by atoms with van der Waals surface area (Å²) in [6.45, 7) is 1.39. The van der Waals surface area contributed by atoms with Gasteiger partial charge in [0.2, 0.25) is 11.8 Å². The zero-order chi connectivity index (χ0) is 22.1. The van der Waals surface area contributed by atoms with Gasteiger partial charge in [-0.3, -0.25) is 19.1 Å². The number of methoxy groups -OCH3 is 1. The maximum absolute atomic E-state index is 12.7. The van der Waals surface area contributed by atoms with Crippen LogP contribution in [0, 0.1) is 0 Å². The molecule has 9 heteroatoms. The van der Waals surface area contributed by atoms with Crippen LogP contribution in [0.5, 0.6) is 11.6 Å². The molecule has 0 spiro atoms.